The summed E-state index contributed by atoms with van der Waals surface area (Å²) in [5, 5.41) is 3.32. The van der Waals surface area contributed by atoms with Gasteiger partial charge in [-0.05, 0) is 31.2 Å². The van der Waals surface area contributed by atoms with Gasteiger partial charge in [-0.3, -0.25) is 4.79 Å². The lowest BCUT2D eigenvalue weighted by molar-refractivity contribution is -0.115. The summed E-state index contributed by atoms with van der Waals surface area (Å²) in [4.78, 5) is 12.1. The normalized spacial score (nSPS) is 12.2. The fourth-order valence-corrected chi connectivity index (χ4v) is 2.65. The zero-order chi connectivity index (χ0) is 14.5. The predicted octanol–water partition coefficient (Wildman–Crippen LogP) is 4.85. The average molecular weight is 330 g/mol. The van der Waals surface area contributed by atoms with E-state index in [1.165, 1.54) is 11.8 Å². The molecule has 2 aromatic rings. The summed E-state index contributed by atoms with van der Waals surface area (Å²) in [6.45, 7) is 1.83. The fourth-order valence-electron chi connectivity index (χ4n) is 1.51. The van der Waals surface area contributed by atoms with E-state index >= 15 is 0 Å². The van der Waals surface area contributed by atoms with Crippen molar-refractivity contribution in [3.63, 3.8) is 0 Å². The van der Waals surface area contributed by atoms with E-state index in [4.69, 9.17) is 27.6 Å². The molecule has 106 valence electrons. The lowest BCUT2D eigenvalue weighted by Crippen LogP contribution is -2.22. The van der Waals surface area contributed by atoms with Crippen LogP contribution in [-0.2, 0) is 10.5 Å². The van der Waals surface area contributed by atoms with Crippen LogP contribution in [0.3, 0.4) is 0 Å². The number of hydrogen-bond donors (Lipinski definition) is 1. The monoisotopic (exact) mass is 329 g/mol. The number of carbonyl (C=O) groups is 1. The van der Waals surface area contributed by atoms with Crippen LogP contribution in [-0.4, -0.2) is 11.2 Å². The molecule has 1 aromatic carbocycles. The summed E-state index contributed by atoms with van der Waals surface area (Å²) in [5.74, 6) is 1.37. The van der Waals surface area contributed by atoms with Gasteiger partial charge in [0.25, 0.3) is 0 Å². The Morgan fingerprint density at radius 1 is 1.35 bits per heavy atom. The maximum Gasteiger partial charge on any atom is 0.237 e. The number of rotatable bonds is 5. The Morgan fingerprint density at radius 2 is 2.15 bits per heavy atom. The van der Waals surface area contributed by atoms with Gasteiger partial charge in [0.1, 0.15) is 5.76 Å². The lowest BCUT2D eigenvalue weighted by atomic mass is 10.3. The summed E-state index contributed by atoms with van der Waals surface area (Å²) in [6, 6.07) is 8.84. The van der Waals surface area contributed by atoms with Crippen molar-refractivity contribution in [1.82, 2.24) is 0 Å². The van der Waals surface area contributed by atoms with E-state index in [2.05, 4.69) is 5.32 Å². The average Bonchev–Trinajstić information content (AvgIpc) is 2.94. The molecular formula is C14H13Cl2NO2S. The van der Waals surface area contributed by atoms with E-state index < -0.39 is 0 Å². The molecule has 6 heteroatoms. The molecule has 1 atom stereocenters. The van der Waals surface area contributed by atoms with Crippen molar-refractivity contribution < 1.29 is 9.21 Å². The third-order valence-corrected chi connectivity index (χ3v) is 4.62. The molecule has 1 amide bonds. The topological polar surface area (TPSA) is 42.2 Å². The third kappa shape index (κ3) is 3.95. The molecule has 1 aromatic heterocycles. The number of nitrogens with one attached hydrogen (secondary N) is 1. The molecule has 1 N–H and O–H groups in total. The Hall–Kier alpha value is -1.10. The van der Waals surface area contributed by atoms with Gasteiger partial charge >= 0.3 is 0 Å². The maximum atomic E-state index is 12.1. The van der Waals surface area contributed by atoms with Crippen LogP contribution in [0.1, 0.15) is 12.7 Å². The first-order chi connectivity index (χ1) is 9.58. The summed E-state index contributed by atoms with van der Waals surface area (Å²) >= 11 is 13.4. The Morgan fingerprint density at radius 3 is 2.85 bits per heavy atom. The highest BCUT2D eigenvalue weighted by molar-refractivity contribution is 7.99. The molecule has 0 spiro atoms. The minimum absolute atomic E-state index is 0.120. The number of hydrogen-bond acceptors (Lipinski definition) is 3. The number of amides is 1. The predicted molar refractivity (Wildman–Crippen MR) is 84.6 cm³/mol. The van der Waals surface area contributed by atoms with Gasteiger partial charge in [-0.1, -0.05) is 29.3 Å². The first-order valence-corrected chi connectivity index (χ1v) is 7.77. The van der Waals surface area contributed by atoms with Gasteiger partial charge in [0.05, 0.1) is 33.0 Å². The standard InChI is InChI=1S/C14H13Cl2NO2S/c1-9(20-8-10-4-3-7-19-10)14(18)17-12-6-2-5-11(15)13(12)16/h2-7,9H,8H2,1H3,(H,17,18). The van der Waals surface area contributed by atoms with Crippen molar-refractivity contribution in [2.45, 2.75) is 17.9 Å². The number of anilines is 1. The molecule has 0 fully saturated rings. The quantitative estimate of drug-likeness (QED) is 0.852. The molecule has 0 radical (unpaired) electrons. The molecule has 0 bridgehead atoms. The molecular weight excluding hydrogens is 317 g/mol. The van der Waals surface area contributed by atoms with Crippen LogP contribution in [0.5, 0.6) is 0 Å². The first-order valence-electron chi connectivity index (χ1n) is 5.97. The molecule has 0 aliphatic heterocycles. The van der Waals surface area contributed by atoms with Gasteiger partial charge in [-0.25, -0.2) is 0 Å². The molecule has 1 unspecified atom stereocenters. The van der Waals surface area contributed by atoms with Crippen LogP contribution in [0.15, 0.2) is 41.0 Å². The number of carbonyl (C=O) groups excluding carboxylic acids is 1. The van der Waals surface area contributed by atoms with Crippen LogP contribution in [0.4, 0.5) is 5.69 Å². The molecule has 0 aliphatic carbocycles. The van der Waals surface area contributed by atoms with Crippen LogP contribution < -0.4 is 5.32 Å². The summed E-state index contributed by atoms with van der Waals surface area (Å²) in [6.07, 6.45) is 1.62. The number of thioether (sulfide) groups is 1. The molecule has 20 heavy (non-hydrogen) atoms. The second-order valence-electron chi connectivity index (χ2n) is 4.12. The minimum Gasteiger partial charge on any atom is -0.468 e. The van der Waals surface area contributed by atoms with Crippen LogP contribution >= 0.6 is 35.0 Å². The van der Waals surface area contributed by atoms with Crippen molar-refractivity contribution in [2.75, 3.05) is 5.32 Å². The summed E-state index contributed by atoms with van der Waals surface area (Å²) < 4.78 is 5.23. The molecule has 2 rings (SSSR count). The SMILES string of the molecule is CC(SCc1ccco1)C(=O)Nc1cccc(Cl)c1Cl. The van der Waals surface area contributed by atoms with Gasteiger partial charge < -0.3 is 9.73 Å². The lowest BCUT2D eigenvalue weighted by Gasteiger charge is -2.12. The fraction of sp³-hybridized carbons (Fsp3) is 0.214. The number of furan rings is 1. The second kappa shape index (κ2) is 7.07. The van der Waals surface area contributed by atoms with E-state index in [1.54, 1.807) is 24.5 Å². The largest absolute Gasteiger partial charge is 0.468 e. The molecule has 1 heterocycles. The zero-order valence-corrected chi connectivity index (χ0v) is 13.1. The molecule has 0 saturated carbocycles. The van der Waals surface area contributed by atoms with Gasteiger partial charge in [0.15, 0.2) is 0 Å². The van der Waals surface area contributed by atoms with E-state index in [0.717, 1.165) is 5.76 Å². The van der Waals surface area contributed by atoms with Gasteiger partial charge in [0, 0.05) is 0 Å². The Kier molecular flexibility index (Phi) is 5.40. The van der Waals surface area contributed by atoms with Crippen molar-refractivity contribution in [3.05, 3.63) is 52.4 Å². The number of benzene rings is 1. The van der Waals surface area contributed by atoms with E-state index in [1.807, 2.05) is 19.1 Å². The van der Waals surface area contributed by atoms with Crippen LogP contribution in [0, 0.1) is 0 Å². The minimum atomic E-state index is -0.227. The van der Waals surface area contributed by atoms with Gasteiger partial charge in [-0.2, -0.15) is 0 Å². The van der Waals surface area contributed by atoms with Crippen LogP contribution in [0.25, 0.3) is 0 Å². The third-order valence-electron chi connectivity index (χ3n) is 2.63. The summed E-state index contributed by atoms with van der Waals surface area (Å²) in [5.41, 5.74) is 0.523. The van der Waals surface area contributed by atoms with E-state index in [9.17, 15) is 4.79 Å². The highest BCUT2D eigenvalue weighted by atomic mass is 35.5. The second-order valence-corrected chi connectivity index (χ2v) is 6.24. The van der Waals surface area contributed by atoms with Crippen molar-refractivity contribution in [2.24, 2.45) is 0 Å². The Bertz CT molecular complexity index is 587. The number of halogens is 2. The first kappa shape index (κ1) is 15.3. The van der Waals surface area contributed by atoms with Crippen molar-refractivity contribution in [1.29, 1.82) is 0 Å². The van der Waals surface area contributed by atoms with Crippen molar-refractivity contribution >= 4 is 46.6 Å². The Balaban J connectivity index is 1.92. The molecule has 0 aliphatic rings. The highest BCUT2D eigenvalue weighted by Crippen LogP contribution is 2.30. The maximum absolute atomic E-state index is 12.1. The van der Waals surface area contributed by atoms with Crippen molar-refractivity contribution in [3.8, 4) is 0 Å². The summed E-state index contributed by atoms with van der Waals surface area (Å²) in [7, 11) is 0. The van der Waals surface area contributed by atoms with Gasteiger partial charge in [-0.15, -0.1) is 11.8 Å². The zero-order valence-electron chi connectivity index (χ0n) is 10.7. The van der Waals surface area contributed by atoms with E-state index in [-0.39, 0.29) is 11.2 Å². The van der Waals surface area contributed by atoms with Gasteiger partial charge in [0.2, 0.25) is 5.91 Å². The molecule has 0 saturated heterocycles. The highest BCUT2D eigenvalue weighted by Gasteiger charge is 2.16. The molecule has 3 nitrogen and oxygen atoms in total. The Labute approximate surface area is 131 Å². The smallest absolute Gasteiger partial charge is 0.237 e. The van der Waals surface area contributed by atoms with E-state index in [0.29, 0.717) is 21.5 Å². The van der Waals surface area contributed by atoms with Crippen LogP contribution in [0.2, 0.25) is 10.0 Å².